The van der Waals surface area contributed by atoms with Crippen molar-refractivity contribution in [2.24, 2.45) is 17.8 Å². The van der Waals surface area contributed by atoms with Crippen molar-refractivity contribution in [1.82, 2.24) is 0 Å². The number of nitrogens with one attached hydrogen (secondary N) is 1. The molecule has 1 nitrogen and oxygen atoms in total. The maximum atomic E-state index is 8.87. The van der Waals surface area contributed by atoms with Crippen molar-refractivity contribution in [2.45, 2.75) is 57.8 Å². The summed E-state index contributed by atoms with van der Waals surface area (Å²) in [4.78, 5) is 0. The van der Waals surface area contributed by atoms with Gasteiger partial charge >= 0.3 is 0 Å². The van der Waals surface area contributed by atoms with Gasteiger partial charge in [-0.15, -0.1) is 0 Å². The van der Waals surface area contributed by atoms with Crippen molar-refractivity contribution in [3.05, 3.63) is 274 Å². The molecule has 4 aliphatic carbocycles. The highest BCUT2D eigenvalue weighted by Gasteiger charge is 2.41. The summed E-state index contributed by atoms with van der Waals surface area (Å²) in [5.74, 6) is 1.71. The Kier molecular flexibility index (Phi) is 12.2. The fourth-order valence-corrected chi connectivity index (χ4v) is 10.3. The molecule has 4 aliphatic rings. The van der Waals surface area contributed by atoms with E-state index in [4.69, 9.17) is 5.41 Å². The Balaban J connectivity index is 0.984. The van der Waals surface area contributed by atoms with E-state index in [1.165, 1.54) is 55.7 Å². The third kappa shape index (κ3) is 8.77. The Morgan fingerprint density at radius 3 is 2.03 bits per heavy atom. The molecule has 0 spiro atoms. The van der Waals surface area contributed by atoms with E-state index in [1.807, 2.05) is 42.5 Å². The van der Waals surface area contributed by atoms with Crippen molar-refractivity contribution in [1.29, 1.82) is 5.41 Å². The molecular formula is C61H57N. The zero-order valence-electron chi connectivity index (χ0n) is 36.2. The summed E-state index contributed by atoms with van der Waals surface area (Å²) in [6.45, 7) is 9.41. The number of rotatable bonds is 11. The van der Waals surface area contributed by atoms with E-state index in [2.05, 4.69) is 178 Å². The standard InChI is InChI=1S/C61H57N/c1-42(56(47-19-9-4-10-20-47)41-59(62)50-25-15-7-16-26-50)37-45-29-31-46(32-30-45)52-33-34-54-39-55(36-35-53(54)38-52)61-58(49-23-13-6-14-24-49)40-57(48-21-11-5-12-22-48)43(2)44(3)60(61)51-27-17-8-18-28-51/h4-5,7-13,15-32,34-36,38,40-41,44,52,55,60-62H,1,6,14,33,37,39H2,2-3H3/b56-41+,62-59?/t44-,52?,55?,60?,61?/m0/s1. The molecule has 0 radical (unpaired) electrons. The number of allylic oxidation sites excluding steroid dienone is 17. The van der Waals surface area contributed by atoms with Crippen LogP contribution in [0.5, 0.6) is 0 Å². The maximum absolute atomic E-state index is 8.87. The molecule has 306 valence electrons. The largest absolute Gasteiger partial charge is 0.300 e. The van der Waals surface area contributed by atoms with Crippen molar-refractivity contribution >= 4 is 16.9 Å². The average molecular weight is 804 g/mol. The van der Waals surface area contributed by atoms with Gasteiger partial charge in [-0.3, -0.25) is 0 Å². The smallest absolute Gasteiger partial charge is 0.0618 e. The molecule has 0 saturated carbocycles. The summed E-state index contributed by atoms with van der Waals surface area (Å²) in [5.41, 5.74) is 18.4. The van der Waals surface area contributed by atoms with Crippen LogP contribution >= 0.6 is 0 Å². The minimum absolute atomic E-state index is 0.317. The van der Waals surface area contributed by atoms with Crippen LogP contribution in [-0.2, 0) is 6.42 Å². The van der Waals surface area contributed by atoms with Gasteiger partial charge in [0.15, 0.2) is 0 Å². The summed E-state index contributed by atoms with van der Waals surface area (Å²) in [7, 11) is 0. The lowest BCUT2D eigenvalue weighted by Crippen LogP contribution is -2.29. The van der Waals surface area contributed by atoms with Crippen LogP contribution in [0.4, 0.5) is 0 Å². The first-order valence-electron chi connectivity index (χ1n) is 22.6. The van der Waals surface area contributed by atoms with E-state index < -0.39 is 0 Å². The van der Waals surface area contributed by atoms with Crippen LogP contribution in [-0.4, -0.2) is 5.71 Å². The maximum Gasteiger partial charge on any atom is 0.0618 e. The second kappa shape index (κ2) is 18.6. The molecule has 0 saturated heterocycles. The predicted octanol–water partition coefficient (Wildman–Crippen LogP) is 15.6. The molecule has 5 atom stereocenters. The van der Waals surface area contributed by atoms with E-state index in [9.17, 15) is 0 Å². The lowest BCUT2D eigenvalue weighted by molar-refractivity contribution is 0.325. The fourth-order valence-electron chi connectivity index (χ4n) is 10.3. The van der Waals surface area contributed by atoms with Crippen molar-refractivity contribution < 1.29 is 0 Å². The zero-order valence-corrected chi connectivity index (χ0v) is 36.2. The van der Waals surface area contributed by atoms with Crippen LogP contribution in [0, 0.1) is 23.2 Å². The molecule has 0 aliphatic heterocycles. The highest BCUT2D eigenvalue weighted by atomic mass is 14.4. The number of hydrogen-bond acceptors (Lipinski definition) is 1. The first kappa shape index (κ1) is 40.8. The second-order valence-electron chi connectivity index (χ2n) is 17.6. The highest BCUT2D eigenvalue weighted by Crippen LogP contribution is 2.53. The fraction of sp³-hybridized carbons (Fsp3) is 0.197. The zero-order chi connectivity index (χ0) is 42.4. The van der Waals surface area contributed by atoms with Crippen molar-refractivity contribution in [3.8, 4) is 0 Å². The topological polar surface area (TPSA) is 23.9 Å². The Morgan fingerprint density at radius 2 is 1.35 bits per heavy atom. The van der Waals surface area contributed by atoms with E-state index >= 15 is 0 Å². The van der Waals surface area contributed by atoms with Crippen LogP contribution in [0.15, 0.2) is 240 Å². The van der Waals surface area contributed by atoms with Gasteiger partial charge in [-0.1, -0.05) is 213 Å². The third-order valence-corrected chi connectivity index (χ3v) is 13.8. The van der Waals surface area contributed by atoms with E-state index in [1.54, 1.807) is 0 Å². The molecule has 1 heteroatoms. The molecule has 4 unspecified atom stereocenters. The molecule has 0 heterocycles. The molecule has 0 bridgehead atoms. The van der Waals surface area contributed by atoms with Gasteiger partial charge in [-0.25, -0.2) is 0 Å². The molecule has 0 aromatic heterocycles. The lowest BCUT2D eigenvalue weighted by atomic mass is 9.63. The quantitative estimate of drug-likeness (QED) is 0.102. The minimum atomic E-state index is 0.317. The Bertz CT molecular complexity index is 2680. The molecule has 5 aromatic carbocycles. The van der Waals surface area contributed by atoms with Crippen molar-refractivity contribution in [3.63, 3.8) is 0 Å². The predicted molar refractivity (Wildman–Crippen MR) is 263 cm³/mol. The van der Waals surface area contributed by atoms with Crippen LogP contribution in [0.25, 0.3) is 11.1 Å². The van der Waals surface area contributed by atoms with E-state index in [0.717, 1.165) is 54.4 Å². The molecular weight excluding hydrogens is 747 g/mol. The van der Waals surface area contributed by atoms with E-state index in [-0.39, 0.29) is 0 Å². The van der Waals surface area contributed by atoms with Gasteiger partial charge in [0.25, 0.3) is 0 Å². The normalized spacial score (nSPS) is 22.4. The average Bonchev–Trinajstić information content (AvgIpc) is 3.45. The van der Waals surface area contributed by atoms with Gasteiger partial charge in [0, 0.05) is 5.92 Å². The Morgan fingerprint density at radius 1 is 0.694 bits per heavy atom. The van der Waals surface area contributed by atoms with Gasteiger partial charge < -0.3 is 5.41 Å². The third-order valence-electron chi connectivity index (χ3n) is 13.8. The Labute approximate surface area is 369 Å². The summed E-state index contributed by atoms with van der Waals surface area (Å²) < 4.78 is 0. The number of fused-ring (bicyclic) bond motifs is 1. The van der Waals surface area contributed by atoms with Crippen LogP contribution in [0.2, 0.25) is 0 Å². The summed E-state index contributed by atoms with van der Waals surface area (Å²) >= 11 is 0. The van der Waals surface area contributed by atoms with E-state index in [0.29, 0.717) is 35.3 Å². The second-order valence-corrected chi connectivity index (χ2v) is 17.6. The van der Waals surface area contributed by atoms with Crippen LogP contribution in [0.3, 0.4) is 0 Å². The lowest BCUT2D eigenvalue weighted by Gasteiger charge is -2.40. The summed E-state index contributed by atoms with van der Waals surface area (Å²) in [6.07, 6.45) is 26.9. The van der Waals surface area contributed by atoms with Gasteiger partial charge in [0.1, 0.15) is 0 Å². The van der Waals surface area contributed by atoms with Crippen molar-refractivity contribution in [2.75, 3.05) is 0 Å². The molecule has 0 fully saturated rings. The van der Waals surface area contributed by atoms with Gasteiger partial charge in [-0.2, -0.15) is 0 Å². The first-order chi connectivity index (χ1) is 30.4. The monoisotopic (exact) mass is 803 g/mol. The minimum Gasteiger partial charge on any atom is -0.300 e. The SMILES string of the molecule is C=C(Cc1ccc(C2C=C3C=CC(C4C(C5=CCCC=C5)=CC(c5ccccc5)=C(C)[C@H](C)C4c4ccccc4)CC3=CC2)cc1)/C(=C\C(=N)c1ccccc1)c1ccccc1. The molecule has 5 aromatic rings. The van der Waals surface area contributed by atoms with Gasteiger partial charge in [0.2, 0.25) is 0 Å². The molecule has 1 N–H and O–H groups in total. The molecule has 62 heavy (non-hydrogen) atoms. The van der Waals surface area contributed by atoms with Gasteiger partial charge in [-0.05, 0) is 141 Å². The molecule has 0 amide bonds. The molecule has 9 rings (SSSR count). The van der Waals surface area contributed by atoms with Gasteiger partial charge in [0.05, 0.1) is 5.71 Å². The Hall–Kier alpha value is -6.57. The summed E-state index contributed by atoms with van der Waals surface area (Å²) in [6, 6.07) is 51.9. The summed E-state index contributed by atoms with van der Waals surface area (Å²) in [5, 5.41) is 8.87. The van der Waals surface area contributed by atoms with Crippen LogP contribution in [0.1, 0.15) is 84.7 Å². The number of benzene rings is 5. The first-order valence-corrected chi connectivity index (χ1v) is 22.6. The number of hydrogen-bond donors (Lipinski definition) is 1. The highest BCUT2D eigenvalue weighted by molar-refractivity contribution is 6.11. The van der Waals surface area contributed by atoms with Crippen LogP contribution < -0.4 is 0 Å².